The van der Waals surface area contributed by atoms with Crippen LogP contribution in [0.3, 0.4) is 0 Å². The Hall–Kier alpha value is -2.30. The quantitative estimate of drug-likeness (QED) is 0.796. The molecule has 0 radical (unpaired) electrons. The first-order chi connectivity index (χ1) is 11.3. The van der Waals surface area contributed by atoms with Gasteiger partial charge in [-0.15, -0.1) is 0 Å². The zero-order chi connectivity index (χ0) is 17.9. The molecule has 0 fully saturated rings. The van der Waals surface area contributed by atoms with Crippen molar-refractivity contribution >= 4 is 17.3 Å². The summed E-state index contributed by atoms with van der Waals surface area (Å²) in [7, 11) is 0. The van der Waals surface area contributed by atoms with Crippen LogP contribution in [0.1, 0.15) is 42.8 Å². The summed E-state index contributed by atoms with van der Waals surface area (Å²) in [5, 5.41) is 7.56. The van der Waals surface area contributed by atoms with Gasteiger partial charge in [-0.3, -0.25) is 9.48 Å². The lowest BCUT2D eigenvalue weighted by molar-refractivity contribution is -0.116. The lowest BCUT2D eigenvalue weighted by Gasteiger charge is -2.10. The maximum atomic E-state index is 12.3. The number of nitrogens with two attached hydrogens (primary N) is 1. The fraction of sp³-hybridized carbons (Fsp3) is 0.474. The largest absolute Gasteiger partial charge is 0.399 e. The smallest absolute Gasteiger partial charge is 0.224 e. The van der Waals surface area contributed by atoms with Gasteiger partial charge >= 0.3 is 0 Å². The topological polar surface area (TPSA) is 72.9 Å². The molecule has 2 aromatic rings. The Morgan fingerprint density at radius 1 is 1.29 bits per heavy atom. The lowest BCUT2D eigenvalue weighted by Crippen LogP contribution is -2.14. The summed E-state index contributed by atoms with van der Waals surface area (Å²) in [6.07, 6.45) is 1.13. The van der Waals surface area contributed by atoms with Crippen LogP contribution in [0.15, 0.2) is 18.2 Å². The molecule has 0 aliphatic heterocycles. The van der Waals surface area contributed by atoms with E-state index in [1.54, 1.807) is 6.07 Å². The number of aryl methyl sites for hydroxylation is 2. The highest BCUT2D eigenvalue weighted by Gasteiger charge is 2.14. The Morgan fingerprint density at radius 2 is 2.00 bits per heavy atom. The summed E-state index contributed by atoms with van der Waals surface area (Å²) in [5.41, 5.74) is 11.6. The van der Waals surface area contributed by atoms with E-state index < -0.39 is 0 Å². The van der Waals surface area contributed by atoms with E-state index in [-0.39, 0.29) is 5.91 Å². The van der Waals surface area contributed by atoms with Gasteiger partial charge < -0.3 is 11.1 Å². The highest BCUT2D eigenvalue weighted by atomic mass is 16.1. The molecular weight excluding hydrogens is 300 g/mol. The number of nitrogens with zero attached hydrogens (tertiary/aromatic N) is 2. The van der Waals surface area contributed by atoms with Crippen LogP contribution < -0.4 is 11.1 Å². The number of anilines is 2. The van der Waals surface area contributed by atoms with Crippen molar-refractivity contribution in [1.29, 1.82) is 0 Å². The fourth-order valence-corrected chi connectivity index (χ4v) is 2.84. The molecule has 0 saturated heterocycles. The number of carbonyl (C=O) groups excluding carboxylic acids is 1. The van der Waals surface area contributed by atoms with Gasteiger partial charge in [-0.1, -0.05) is 19.9 Å². The number of hydrogen-bond acceptors (Lipinski definition) is 3. The molecule has 1 aromatic carbocycles. The predicted molar refractivity (Wildman–Crippen MR) is 99.1 cm³/mol. The van der Waals surface area contributed by atoms with Gasteiger partial charge in [-0.05, 0) is 56.4 Å². The van der Waals surface area contributed by atoms with E-state index in [1.165, 1.54) is 5.56 Å². The molecule has 0 aliphatic carbocycles. The number of rotatable bonds is 6. The Balaban J connectivity index is 2.01. The molecule has 130 valence electrons. The SMILES string of the molecule is Cc1ccc(N)cc1NC(=O)CCc1c(C)nn(CC(C)C)c1C. The maximum Gasteiger partial charge on any atom is 0.224 e. The van der Waals surface area contributed by atoms with Gasteiger partial charge in [-0.2, -0.15) is 5.10 Å². The van der Waals surface area contributed by atoms with Gasteiger partial charge in [0, 0.05) is 30.0 Å². The van der Waals surface area contributed by atoms with Crippen LogP contribution in [0.4, 0.5) is 11.4 Å². The van der Waals surface area contributed by atoms with Crippen molar-refractivity contribution in [2.45, 2.75) is 54.0 Å². The van der Waals surface area contributed by atoms with Crippen molar-refractivity contribution in [1.82, 2.24) is 9.78 Å². The number of nitrogen functional groups attached to an aromatic ring is 1. The second-order valence-corrected chi connectivity index (χ2v) is 6.85. The van der Waals surface area contributed by atoms with Crippen molar-refractivity contribution in [3.63, 3.8) is 0 Å². The van der Waals surface area contributed by atoms with Crippen LogP contribution in [0.2, 0.25) is 0 Å². The lowest BCUT2D eigenvalue weighted by atomic mass is 10.1. The minimum atomic E-state index is -0.000824. The van der Waals surface area contributed by atoms with Crippen molar-refractivity contribution in [2.24, 2.45) is 5.92 Å². The number of amides is 1. The van der Waals surface area contributed by atoms with Gasteiger partial charge in [0.25, 0.3) is 0 Å². The number of nitrogens with one attached hydrogen (secondary N) is 1. The van der Waals surface area contributed by atoms with Crippen molar-refractivity contribution in [3.05, 3.63) is 40.7 Å². The summed E-state index contributed by atoms with van der Waals surface area (Å²) in [4.78, 5) is 12.3. The van der Waals surface area contributed by atoms with E-state index in [1.807, 2.05) is 26.0 Å². The second-order valence-electron chi connectivity index (χ2n) is 6.85. The molecule has 1 amide bonds. The molecule has 3 N–H and O–H groups in total. The van der Waals surface area contributed by atoms with Crippen LogP contribution in [0, 0.1) is 26.7 Å². The van der Waals surface area contributed by atoms with Crippen molar-refractivity contribution in [3.8, 4) is 0 Å². The number of carbonyl (C=O) groups is 1. The van der Waals surface area contributed by atoms with Gasteiger partial charge in [0.2, 0.25) is 5.91 Å². The third-order valence-electron chi connectivity index (χ3n) is 4.21. The highest BCUT2D eigenvalue weighted by molar-refractivity contribution is 5.92. The number of benzene rings is 1. The molecule has 1 aromatic heterocycles. The Labute approximate surface area is 144 Å². The summed E-state index contributed by atoms with van der Waals surface area (Å²) in [6, 6.07) is 5.54. The molecule has 2 rings (SSSR count). The molecule has 1 heterocycles. The summed E-state index contributed by atoms with van der Waals surface area (Å²) < 4.78 is 2.05. The van der Waals surface area contributed by atoms with Crippen molar-refractivity contribution < 1.29 is 4.79 Å². The zero-order valence-electron chi connectivity index (χ0n) is 15.3. The molecule has 0 unspecified atom stereocenters. The molecule has 0 saturated carbocycles. The molecule has 24 heavy (non-hydrogen) atoms. The van der Waals surface area contributed by atoms with Crippen LogP contribution in [-0.2, 0) is 17.8 Å². The summed E-state index contributed by atoms with van der Waals surface area (Å²) in [5.74, 6) is 0.546. The van der Waals surface area contributed by atoms with Gasteiger partial charge in [-0.25, -0.2) is 0 Å². The van der Waals surface area contributed by atoms with Crippen molar-refractivity contribution in [2.75, 3.05) is 11.1 Å². The number of hydrogen-bond donors (Lipinski definition) is 2. The number of aromatic nitrogens is 2. The molecule has 0 bridgehead atoms. The minimum absolute atomic E-state index is 0.000824. The van der Waals surface area contributed by atoms with E-state index in [0.717, 1.165) is 29.2 Å². The van der Waals surface area contributed by atoms with Crippen LogP contribution in [0.25, 0.3) is 0 Å². The van der Waals surface area contributed by atoms with E-state index in [2.05, 4.69) is 35.9 Å². The van der Waals surface area contributed by atoms with Gasteiger partial charge in [0.05, 0.1) is 5.69 Å². The zero-order valence-corrected chi connectivity index (χ0v) is 15.3. The maximum absolute atomic E-state index is 12.3. The van der Waals surface area contributed by atoms with E-state index in [9.17, 15) is 4.79 Å². The van der Waals surface area contributed by atoms with E-state index in [4.69, 9.17) is 5.73 Å². The van der Waals surface area contributed by atoms with Gasteiger partial charge in [0.15, 0.2) is 0 Å². The minimum Gasteiger partial charge on any atom is -0.399 e. The first-order valence-corrected chi connectivity index (χ1v) is 8.46. The van der Waals surface area contributed by atoms with Crippen LogP contribution in [-0.4, -0.2) is 15.7 Å². The Morgan fingerprint density at radius 3 is 2.67 bits per heavy atom. The molecule has 0 spiro atoms. The monoisotopic (exact) mass is 328 g/mol. The van der Waals surface area contributed by atoms with Gasteiger partial charge in [0.1, 0.15) is 0 Å². The summed E-state index contributed by atoms with van der Waals surface area (Å²) in [6.45, 7) is 11.3. The van der Waals surface area contributed by atoms with E-state index >= 15 is 0 Å². The molecule has 5 heteroatoms. The molecular formula is C19H28N4O. The second kappa shape index (κ2) is 7.51. The Bertz CT molecular complexity index is 731. The molecule has 0 atom stereocenters. The summed E-state index contributed by atoms with van der Waals surface area (Å²) >= 11 is 0. The highest BCUT2D eigenvalue weighted by Crippen LogP contribution is 2.20. The first kappa shape index (κ1) is 18.0. The third kappa shape index (κ3) is 4.37. The fourth-order valence-electron chi connectivity index (χ4n) is 2.84. The first-order valence-electron chi connectivity index (χ1n) is 8.46. The average Bonchev–Trinajstić information content (AvgIpc) is 2.74. The van der Waals surface area contributed by atoms with E-state index in [0.29, 0.717) is 24.4 Å². The average molecular weight is 328 g/mol. The molecule has 0 aliphatic rings. The molecule has 5 nitrogen and oxygen atoms in total. The standard InChI is InChI=1S/C19H28N4O/c1-12(2)11-23-15(5)17(14(4)22-23)8-9-19(24)21-18-10-16(20)7-6-13(18)3/h6-7,10,12H,8-9,11,20H2,1-5H3,(H,21,24). The van der Waals surface area contributed by atoms with Crippen LogP contribution >= 0.6 is 0 Å². The van der Waals surface area contributed by atoms with Crippen LogP contribution in [0.5, 0.6) is 0 Å². The predicted octanol–water partition coefficient (Wildman–Crippen LogP) is 3.62. The third-order valence-corrected chi connectivity index (χ3v) is 4.21. The Kier molecular flexibility index (Phi) is 5.65. The normalized spacial score (nSPS) is 11.1.